The molecule has 1 spiro atoms. The first kappa shape index (κ1) is 27.8. The van der Waals surface area contributed by atoms with Crippen molar-refractivity contribution in [2.75, 3.05) is 56.6 Å². The normalized spacial score (nSPS) is 23.9. The van der Waals surface area contributed by atoms with E-state index in [4.69, 9.17) is 29.9 Å². The average molecular weight is 592 g/mol. The van der Waals surface area contributed by atoms with Crippen LogP contribution in [0.5, 0.6) is 5.75 Å². The quantitative estimate of drug-likeness (QED) is 0.295. The molecule has 42 heavy (non-hydrogen) atoms. The van der Waals surface area contributed by atoms with Crippen molar-refractivity contribution >= 4 is 23.4 Å². The SMILES string of the molecule is COCOC[C@H]1C[C@H]2COc3c(Sc4cnc(N5CCC6(CC5)Cc5ncccc5[C@H]6N)c(CO)n4)ccnc3N2C1. The third-order valence-electron chi connectivity index (χ3n) is 9.26. The molecule has 0 bridgehead atoms. The van der Waals surface area contributed by atoms with Crippen molar-refractivity contribution in [2.24, 2.45) is 17.1 Å². The standard InChI is InChI=1S/C30H37N7O4S/c1-39-18-40-16-19-11-20-17-41-26-24(4-8-33-29(26)37(20)14-19)42-25-13-34-28(23(15-38)35-25)36-9-5-30(6-10-36)12-22-21(27(30)31)3-2-7-32-22/h2-4,7-8,13,19-20,27,38H,5-6,9-12,14-18,31H2,1H3/t19-,20-,27+/m0/s1. The molecule has 6 heterocycles. The van der Waals surface area contributed by atoms with Crippen LogP contribution >= 0.6 is 11.8 Å². The predicted octanol–water partition coefficient (Wildman–Crippen LogP) is 2.96. The minimum atomic E-state index is -0.180. The highest BCUT2D eigenvalue weighted by Gasteiger charge is 2.47. The fraction of sp³-hybridized carbons (Fsp3) is 0.533. The smallest absolute Gasteiger partial charge is 0.175 e. The highest BCUT2D eigenvalue weighted by atomic mass is 32.2. The summed E-state index contributed by atoms with van der Waals surface area (Å²) in [5.74, 6) is 2.79. The Morgan fingerprint density at radius 2 is 2.05 bits per heavy atom. The molecular weight excluding hydrogens is 554 g/mol. The summed E-state index contributed by atoms with van der Waals surface area (Å²) in [6, 6.07) is 6.34. The number of hydrogen-bond donors (Lipinski definition) is 2. The minimum absolute atomic E-state index is 0.00440. The summed E-state index contributed by atoms with van der Waals surface area (Å²) in [5.41, 5.74) is 9.67. The molecule has 3 N–H and O–H groups in total. The molecule has 4 aliphatic rings. The Kier molecular flexibility index (Phi) is 7.65. The van der Waals surface area contributed by atoms with Crippen LogP contribution in [0.4, 0.5) is 11.6 Å². The molecule has 2 fully saturated rings. The van der Waals surface area contributed by atoms with Gasteiger partial charge in [-0.05, 0) is 48.8 Å². The zero-order valence-electron chi connectivity index (χ0n) is 23.8. The van der Waals surface area contributed by atoms with Gasteiger partial charge in [-0.3, -0.25) is 4.98 Å². The van der Waals surface area contributed by atoms with Gasteiger partial charge in [0.15, 0.2) is 17.4 Å². The molecule has 222 valence electrons. The van der Waals surface area contributed by atoms with Crippen LogP contribution in [0.15, 0.2) is 46.7 Å². The van der Waals surface area contributed by atoms with Crippen LogP contribution in [-0.4, -0.2) is 77.8 Å². The number of methoxy groups -OCH3 is 1. The van der Waals surface area contributed by atoms with Gasteiger partial charge in [0.25, 0.3) is 0 Å². The van der Waals surface area contributed by atoms with Gasteiger partial charge in [0.05, 0.1) is 30.3 Å². The number of piperidine rings is 1. The van der Waals surface area contributed by atoms with Gasteiger partial charge in [0, 0.05) is 56.8 Å². The summed E-state index contributed by atoms with van der Waals surface area (Å²) < 4.78 is 16.9. The number of fused-ring (bicyclic) bond motifs is 4. The van der Waals surface area contributed by atoms with E-state index in [1.165, 1.54) is 17.3 Å². The summed E-state index contributed by atoms with van der Waals surface area (Å²) >= 11 is 1.49. The van der Waals surface area contributed by atoms with E-state index < -0.39 is 0 Å². The molecule has 0 saturated carbocycles. The van der Waals surface area contributed by atoms with Gasteiger partial charge in [-0.25, -0.2) is 15.0 Å². The van der Waals surface area contributed by atoms with E-state index in [0.29, 0.717) is 36.6 Å². The Morgan fingerprint density at radius 1 is 1.17 bits per heavy atom. The zero-order valence-corrected chi connectivity index (χ0v) is 24.6. The molecule has 1 aliphatic carbocycles. The Morgan fingerprint density at radius 3 is 2.86 bits per heavy atom. The number of hydrogen-bond acceptors (Lipinski definition) is 12. The molecule has 0 radical (unpaired) electrons. The van der Waals surface area contributed by atoms with Gasteiger partial charge in [-0.2, -0.15) is 0 Å². The fourth-order valence-corrected chi connectivity index (χ4v) is 7.97. The molecule has 3 aliphatic heterocycles. The summed E-state index contributed by atoms with van der Waals surface area (Å²) in [6.07, 6.45) is 9.29. The number of aliphatic hydroxyl groups is 1. The summed E-state index contributed by atoms with van der Waals surface area (Å²) in [5, 5.41) is 11.0. The number of aromatic nitrogens is 4. The van der Waals surface area contributed by atoms with Crippen LogP contribution in [-0.2, 0) is 22.5 Å². The number of aliphatic hydroxyl groups excluding tert-OH is 1. The maximum absolute atomic E-state index is 10.3. The molecule has 0 aromatic carbocycles. The fourth-order valence-electron chi connectivity index (χ4n) is 7.11. The van der Waals surface area contributed by atoms with Crippen LogP contribution in [0.25, 0.3) is 0 Å². The summed E-state index contributed by atoms with van der Waals surface area (Å²) in [7, 11) is 1.64. The first-order chi connectivity index (χ1) is 20.6. The van der Waals surface area contributed by atoms with E-state index in [-0.39, 0.29) is 24.1 Å². The summed E-state index contributed by atoms with van der Waals surface area (Å²) in [4.78, 5) is 24.4. The van der Waals surface area contributed by atoms with Gasteiger partial charge in [0.2, 0.25) is 0 Å². The van der Waals surface area contributed by atoms with Crippen LogP contribution in [0.1, 0.15) is 42.3 Å². The molecule has 3 atom stereocenters. The van der Waals surface area contributed by atoms with Crippen LogP contribution in [0, 0.1) is 11.3 Å². The molecule has 7 rings (SSSR count). The second kappa shape index (κ2) is 11.6. The van der Waals surface area contributed by atoms with E-state index in [0.717, 1.165) is 73.3 Å². The first-order valence-corrected chi connectivity index (χ1v) is 15.4. The third kappa shape index (κ3) is 4.98. The monoisotopic (exact) mass is 591 g/mol. The lowest BCUT2D eigenvalue weighted by Crippen LogP contribution is -2.45. The van der Waals surface area contributed by atoms with E-state index in [9.17, 15) is 5.11 Å². The predicted molar refractivity (Wildman–Crippen MR) is 158 cm³/mol. The number of ether oxygens (including phenoxy) is 3. The highest BCUT2D eigenvalue weighted by molar-refractivity contribution is 7.99. The first-order valence-electron chi connectivity index (χ1n) is 14.6. The number of nitrogens with two attached hydrogens (primary N) is 1. The second-order valence-electron chi connectivity index (χ2n) is 11.7. The van der Waals surface area contributed by atoms with Gasteiger partial charge in [0.1, 0.15) is 24.1 Å². The van der Waals surface area contributed by atoms with Crippen LogP contribution in [0.3, 0.4) is 0 Å². The van der Waals surface area contributed by atoms with Crippen molar-refractivity contribution in [3.63, 3.8) is 0 Å². The zero-order chi connectivity index (χ0) is 28.7. The molecule has 0 amide bonds. The average Bonchev–Trinajstić information content (AvgIpc) is 3.56. The topological polar surface area (TPSA) is 132 Å². The van der Waals surface area contributed by atoms with Gasteiger partial charge in [-0.1, -0.05) is 17.8 Å². The summed E-state index contributed by atoms with van der Waals surface area (Å²) in [6.45, 7) is 3.90. The van der Waals surface area contributed by atoms with Crippen LogP contribution < -0.4 is 20.3 Å². The molecule has 0 unspecified atom stereocenters. The molecule has 2 saturated heterocycles. The largest absolute Gasteiger partial charge is 0.486 e. The lowest BCUT2D eigenvalue weighted by atomic mass is 9.73. The van der Waals surface area contributed by atoms with E-state index in [1.54, 1.807) is 13.3 Å². The third-order valence-corrected chi connectivity index (χ3v) is 10.2. The number of rotatable bonds is 8. The van der Waals surface area contributed by atoms with Gasteiger partial charge < -0.3 is 34.9 Å². The molecule has 3 aromatic rings. The van der Waals surface area contributed by atoms with Crippen molar-refractivity contribution in [3.05, 3.63) is 53.7 Å². The Hall–Kier alpha value is -3.03. The highest BCUT2D eigenvalue weighted by Crippen LogP contribution is 2.50. The number of anilines is 2. The number of nitrogens with zero attached hydrogens (tertiary/aromatic N) is 6. The van der Waals surface area contributed by atoms with Crippen molar-refractivity contribution in [1.29, 1.82) is 0 Å². The lowest BCUT2D eigenvalue weighted by molar-refractivity contribution is -0.0414. The molecule has 12 heteroatoms. The van der Waals surface area contributed by atoms with Crippen molar-refractivity contribution in [3.8, 4) is 5.75 Å². The van der Waals surface area contributed by atoms with Crippen molar-refractivity contribution in [1.82, 2.24) is 19.9 Å². The van der Waals surface area contributed by atoms with E-state index in [2.05, 4.69) is 25.8 Å². The minimum Gasteiger partial charge on any atom is -0.486 e. The van der Waals surface area contributed by atoms with Gasteiger partial charge in [-0.15, -0.1) is 0 Å². The van der Waals surface area contributed by atoms with Gasteiger partial charge >= 0.3 is 0 Å². The van der Waals surface area contributed by atoms with Crippen LogP contribution in [0.2, 0.25) is 0 Å². The maximum atomic E-state index is 10.3. The Bertz CT molecular complexity index is 1440. The second-order valence-corrected chi connectivity index (χ2v) is 12.8. The lowest BCUT2D eigenvalue weighted by Gasteiger charge is -2.42. The molecule has 3 aromatic heterocycles. The van der Waals surface area contributed by atoms with Crippen molar-refractivity contribution in [2.45, 2.75) is 54.3 Å². The van der Waals surface area contributed by atoms with Crippen molar-refractivity contribution < 1.29 is 19.3 Å². The Labute approximate surface area is 249 Å². The van der Waals surface area contributed by atoms with E-state index >= 15 is 0 Å². The molecular formula is C30H37N7O4S. The maximum Gasteiger partial charge on any atom is 0.175 e. The Balaban J connectivity index is 1.04. The van der Waals surface area contributed by atoms with E-state index in [1.807, 2.05) is 24.5 Å². The molecule has 11 nitrogen and oxygen atoms in total. The number of pyridine rings is 2.